The molecule has 0 spiro atoms. The number of pyridine rings is 1. The van der Waals surface area contributed by atoms with Crippen LogP contribution in [0, 0.1) is 5.92 Å². The van der Waals surface area contributed by atoms with Gasteiger partial charge in [-0.25, -0.2) is 4.98 Å². The Balaban J connectivity index is 2.04. The van der Waals surface area contributed by atoms with E-state index in [-0.39, 0.29) is 23.4 Å². The van der Waals surface area contributed by atoms with Gasteiger partial charge < -0.3 is 10.0 Å². The van der Waals surface area contributed by atoms with Crippen LogP contribution in [0.2, 0.25) is 5.15 Å². The maximum absolute atomic E-state index is 12.2. The molecule has 6 heteroatoms. The molecular weight excluding hydrogens is 256 g/mol. The summed E-state index contributed by atoms with van der Waals surface area (Å²) in [7, 11) is 0. The summed E-state index contributed by atoms with van der Waals surface area (Å²) < 4.78 is 0. The first-order valence-electron chi connectivity index (χ1n) is 5.69. The van der Waals surface area contributed by atoms with Crippen LogP contribution in [0.4, 0.5) is 0 Å². The Kier molecular flexibility index (Phi) is 3.81. The molecule has 1 atom stereocenters. The summed E-state index contributed by atoms with van der Waals surface area (Å²) in [6.45, 7) is 1.04. The highest BCUT2D eigenvalue weighted by molar-refractivity contribution is 6.32. The van der Waals surface area contributed by atoms with Gasteiger partial charge >= 0.3 is 5.97 Å². The molecule has 0 aliphatic carbocycles. The molecule has 1 aliphatic rings. The summed E-state index contributed by atoms with van der Waals surface area (Å²) in [4.78, 5) is 28.3. The number of hydrogen-bond acceptors (Lipinski definition) is 3. The molecule has 2 heterocycles. The zero-order chi connectivity index (χ0) is 13.1. The number of amides is 1. The highest BCUT2D eigenvalue weighted by Crippen LogP contribution is 2.23. The van der Waals surface area contributed by atoms with E-state index < -0.39 is 5.97 Å². The van der Waals surface area contributed by atoms with Gasteiger partial charge in [0.1, 0.15) is 5.15 Å². The molecule has 0 saturated carbocycles. The normalized spacial score (nSPS) is 18.9. The fourth-order valence-electron chi connectivity index (χ4n) is 2.15. The van der Waals surface area contributed by atoms with Crippen LogP contribution in [0.5, 0.6) is 0 Å². The van der Waals surface area contributed by atoms with E-state index in [0.717, 1.165) is 6.42 Å². The standard InChI is InChI=1S/C12H13ClN2O3/c13-11-9(2-1-4-14-11)12(18)15-5-3-8(7-15)6-10(16)17/h1-2,4,8H,3,5-7H2,(H,16,17). The minimum atomic E-state index is -0.825. The Bertz CT molecular complexity index is 478. The molecule has 1 aromatic rings. The van der Waals surface area contributed by atoms with Gasteiger partial charge in [0.2, 0.25) is 0 Å². The lowest BCUT2D eigenvalue weighted by Crippen LogP contribution is -2.29. The summed E-state index contributed by atoms with van der Waals surface area (Å²) >= 11 is 5.87. The third-order valence-corrected chi connectivity index (χ3v) is 3.33. The van der Waals surface area contributed by atoms with Crippen LogP contribution >= 0.6 is 11.6 Å². The number of aromatic nitrogens is 1. The van der Waals surface area contributed by atoms with Crippen molar-refractivity contribution in [3.05, 3.63) is 29.0 Å². The first-order chi connectivity index (χ1) is 8.58. The topological polar surface area (TPSA) is 70.5 Å². The minimum absolute atomic E-state index is 0.0295. The Labute approximate surface area is 109 Å². The first-order valence-corrected chi connectivity index (χ1v) is 6.07. The number of hydrogen-bond donors (Lipinski definition) is 1. The Morgan fingerprint density at radius 3 is 3.00 bits per heavy atom. The largest absolute Gasteiger partial charge is 0.481 e. The van der Waals surface area contributed by atoms with Crippen molar-refractivity contribution in [1.29, 1.82) is 0 Å². The van der Waals surface area contributed by atoms with Gasteiger partial charge in [-0.3, -0.25) is 9.59 Å². The van der Waals surface area contributed by atoms with Crippen LogP contribution in [0.1, 0.15) is 23.2 Å². The second kappa shape index (κ2) is 5.35. The van der Waals surface area contributed by atoms with Crippen molar-refractivity contribution in [2.75, 3.05) is 13.1 Å². The van der Waals surface area contributed by atoms with E-state index in [9.17, 15) is 9.59 Å². The van der Waals surface area contributed by atoms with Crippen LogP contribution in [-0.2, 0) is 4.79 Å². The molecule has 0 aromatic carbocycles. The highest BCUT2D eigenvalue weighted by Gasteiger charge is 2.29. The van der Waals surface area contributed by atoms with Crippen molar-refractivity contribution in [3.8, 4) is 0 Å². The molecule has 1 saturated heterocycles. The van der Waals surface area contributed by atoms with E-state index in [0.29, 0.717) is 18.7 Å². The smallest absolute Gasteiger partial charge is 0.303 e. The zero-order valence-electron chi connectivity index (χ0n) is 9.67. The second-order valence-electron chi connectivity index (χ2n) is 4.35. The maximum Gasteiger partial charge on any atom is 0.303 e. The summed E-state index contributed by atoms with van der Waals surface area (Å²) in [6, 6.07) is 3.28. The highest BCUT2D eigenvalue weighted by atomic mass is 35.5. The minimum Gasteiger partial charge on any atom is -0.481 e. The second-order valence-corrected chi connectivity index (χ2v) is 4.70. The molecule has 0 radical (unpaired) electrons. The summed E-state index contributed by atoms with van der Waals surface area (Å²) in [6.07, 6.45) is 2.34. The van der Waals surface area contributed by atoms with Gasteiger partial charge in [-0.15, -0.1) is 0 Å². The predicted molar refractivity (Wildman–Crippen MR) is 65.5 cm³/mol. The summed E-state index contributed by atoms with van der Waals surface area (Å²) in [5.41, 5.74) is 0.371. The fraction of sp³-hybridized carbons (Fsp3) is 0.417. The monoisotopic (exact) mass is 268 g/mol. The van der Waals surface area contributed by atoms with Gasteiger partial charge in [-0.1, -0.05) is 11.6 Å². The fourth-order valence-corrected chi connectivity index (χ4v) is 2.35. The van der Waals surface area contributed by atoms with Crippen molar-refractivity contribution in [2.24, 2.45) is 5.92 Å². The number of carboxylic acid groups (broad SMARTS) is 1. The maximum atomic E-state index is 12.2. The Morgan fingerprint density at radius 2 is 2.33 bits per heavy atom. The van der Waals surface area contributed by atoms with E-state index >= 15 is 0 Å². The number of carboxylic acids is 1. The molecule has 1 fully saturated rings. The average Bonchev–Trinajstić information content (AvgIpc) is 2.76. The predicted octanol–water partition coefficient (Wildman–Crippen LogP) is 1.67. The molecule has 0 bridgehead atoms. The SMILES string of the molecule is O=C(O)CC1CCN(C(=O)c2cccnc2Cl)C1. The van der Waals surface area contributed by atoms with Gasteiger partial charge in [0, 0.05) is 25.7 Å². The summed E-state index contributed by atoms with van der Waals surface area (Å²) in [5.74, 6) is -0.975. The van der Waals surface area contributed by atoms with Crippen molar-refractivity contribution in [2.45, 2.75) is 12.8 Å². The van der Waals surface area contributed by atoms with E-state index in [1.165, 1.54) is 6.20 Å². The molecule has 1 aromatic heterocycles. The van der Waals surface area contributed by atoms with Crippen molar-refractivity contribution < 1.29 is 14.7 Å². The Morgan fingerprint density at radius 1 is 1.56 bits per heavy atom. The van der Waals surface area contributed by atoms with Crippen molar-refractivity contribution in [3.63, 3.8) is 0 Å². The van der Waals surface area contributed by atoms with Crippen LogP contribution in [-0.4, -0.2) is 40.0 Å². The quantitative estimate of drug-likeness (QED) is 0.847. The lowest BCUT2D eigenvalue weighted by atomic mass is 10.1. The van der Waals surface area contributed by atoms with Crippen molar-refractivity contribution in [1.82, 2.24) is 9.88 Å². The third-order valence-electron chi connectivity index (χ3n) is 3.03. The number of aliphatic carboxylic acids is 1. The molecule has 1 amide bonds. The molecule has 1 aliphatic heterocycles. The van der Waals surface area contributed by atoms with Gasteiger partial charge in [0.25, 0.3) is 5.91 Å². The third kappa shape index (κ3) is 2.79. The van der Waals surface area contributed by atoms with Gasteiger partial charge in [0.15, 0.2) is 0 Å². The first kappa shape index (κ1) is 12.8. The van der Waals surface area contributed by atoms with Gasteiger partial charge in [-0.2, -0.15) is 0 Å². The zero-order valence-corrected chi connectivity index (χ0v) is 10.4. The van der Waals surface area contributed by atoms with E-state index in [4.69, 9.17) is 16.7 Å². The van der Waals surface area contributed by atoms with Crippen LogP contribution in [0.3, 0.4) is 0 Å². The van der Waals surface area contributed by atoms with Crippen LogP contribution in [0.15, 0.2) is 18.3 Å². The van der Waals surface area contributed by atoms with E-state index in [1.807, 2.05) is 0 Å². The molecule has 2 rings (SSSR count). The number of carbonyl (C=O) groups excluding carboxylic acids is 1. The number of nitrogens with zero attached hydrogens (tertiary/aromatic N) is 2. The molecule has 1 unspecified atom stereocenters. The average molecular weight is 269 g/mol. The molecule has 1 N–H and O–H groups in total. The van der Waals surface area contributed by atoms with Gasteiger partial charge in [0.05, 0.1) is 5.56 Å². The van der Waals surface area contributed by atoms with Crippen LogP contribution < -0.4 is 0 Å². The molecule has 96 valence electrons. The number of halogens is 1. The lowest BCUT2D eigenvalue weighted by Gasteiger charge is -2.16. The van der Waals surface area contributed by atoms with E-state index in [1.54, 1.807) is 17.0 Å². The van der Waals surface area contributed by atoms with Gasteiger partial charge in [-0.05, 0) is 24.5 Å². The Hall–Kier alpha value is -1.62. The number of rotatable bonds is 3. The van der Waals surface area contributed by atoms with Crippen LogP contribution in [0.25, 0.3) is 0 Å². The molecular formula is C12H13ClN2O3. The van der Waals surface area contributed by atoms with E-state index in [2.05, 4.69) is 4.98 Å². The number of likely N-dealkylation sites (tertiary alicyclic amines) is 1. The number of carbonyl (C=O) groups is 2. The molecule has 5 nitrogen and oxygen atoms in total. The molecule has 18 heavy (non-hydrogen) atoms. The summed E-state index contributed by atoms with van der Waals surface area (Å²) in [5, 5.41) is 8.91. The van der Waals surface area contributed by atoms with Crippen molar-refractivity contribution >= 4 is 23.5 Å². The lowest BCUT2D eigenvalue weighted by molar-refractivity contribution is -0.138.